The molecule has 0 aliphatic carbocycles. The number of hydrogen-bond acceptors (Lipinski definition) is 4. The molecule has 1 aromatic rings. The van der Waals surface area contributed by atoms with Crippen LogP contribution in [0, 0.1) is 0 Å². The molecule has 1 fully saturated rings. The van der Waals surface area contributed by atoms with E-state index in [1.807, 2.05) is 12.1 Å². The van der Waals surface area contributed by atoms with Crippen molar-refractivity contribution in [1.82, 2.24) is 9.62 Å². The Labute approximate surface area is 127 Å². The maximum Gasteiger partial charge on any atom is 0.243 e. The summed E-state index contributed by atoms with van der Waals surface area (Å²) in [4.78, 5) is 0.367. The number of ether oxygens (including phenoxy) is 1. The summed E-state index contributed by atoms with van der Waals surface area (Å²) in [7, 11) is -1.76. The van der Waals surface area contributed by atoms with Crippen LogP contribution in [-0.4, -0.2) is 52.1 Å². The number of likely N-dealkylation sites (N-methyl/N-ethyl adjacent to an activating group) is 1. The van der Waals surface area contributed by atoms with Crippen LogP contribution in [-0.2, 0) is 21.2 Å². The molecule has 1 aliphatic heterocycles. The van der Waals surface area contributed by atoms with Gasteiger partial charge in [0.05, 0.1) is 11.0 Å². The fourth-order valence-corrected chi connectivity index (χ4v) is 3.98. The van der Waals surface area contributed by atoms with Gasteiger partial charge in [-0.25, -0.2) is 8.42 Å². The maximum absolute atomic E-state index is 12.5. The topological polar surface area (TPSA) is 58.6 Å². The summed E-state index contributed by atoms with van der Waals surface area (Å²) < 4.78 is 31.8. The normalized spacial score (nSPS) is 20.0. The standard InChI is InChI=1S/C15H24N2O3S/c1-3-16-10-8-13-4-6-15(7-5-13)21(18,19)17-11-9-14(12-17)20-2/h4-7,14,16H,3,8-12H2,1-2H3. The SMILES string of the molecule is CCNCCc1ccc(S(=O)(=O)N2CCC(OC)C2)cc1. The van der Waals surface area contributed by atoms with Crippen molar-refractivity contribution < 1.29 is 13.2 Å². The molecule has 0 saturated carbocycles. The summed E-state index contributed by atoms with van der Waals surface area (Å²) in [5.41, 5.74) is 1.14. The third kappa shape index (κ3) is 4.03. The van der Waals surface area contributed by atoms with E-state index in [1.165, 1.54) is 4.31 Å². The molecular formula is C15H24N2O3S. The van der Waals surface area contributed by atoms with Gasteiger partial charge >= 0.3 is 0 Å². The lowest BCUT2D eigenvalue weighted by molar-refractivity contribution is 0.115. The molecule has 0 bridgehead atoms. The second-order valence-corrected chi connectivity index (χ2v) is 7.19. The van der Waals surface area contributed by atoms with Gasteiger partial charge in [-0.2, -0.15) is 4.31 Å². The van der Waals surface area contributed by atoms with Gasteiger partial charge in [-0.15, -0.1) is 0 Å². The molecule has 1 N–H and O–H groups in total. The van der Waals surface area contributed by atoms with Gasteiger partial charge in [-0.3, -0.25) is 0 Å². The highest BCUT2D eigenvalue weighted by molar-refractivity contribution is 7.89. The molecule has 2 rings (SSSR count). The van der Waals surface area contributed by atoms with Gasteiger partial charge in [-0.1, -0.05) is 19.1 Å². The zero-order valence-corrected chi connectivity index (χ0v) is 13.5. The number of nitrogens with zero attached hydrogens (tertiary/aromatic N) is 1. The Balaban J connectivity index is 2.03. The van der Waals surface area contributed by atoms with Crippen molar-refractivity contribution >= 4 is 10.0 Å². The summed E-state index contributed by atoms with van der Waals surface area (Å²) in [6, 6.07) is 7.20. The number of benzene rings is 1. The summed E-state index contributed by atoms with van der Waals surface area (Å²) in [5.74, 6) is 0. The quantitative estimate of drug-likeness (QED) is 0.770. The van der Waals surface area contributed by atoms with Crippen molar-refractivity contribution in [2.45, 2.75) is 30.8 Å². The van der Waals surface area contributed by atoms with Crippen LogP contribution >= 0.6 is 0 Å². The average molecular weight is 312 g/mol. The minimum atomic E-state index is -3.39. The number of nitrogens with one attached hydrogen (secondary N) is 1. The molecule has 5 nitrogen and oxygen atoms in total. The fraction of sp³-hybridized carbons (Fsp3) is 0.600. The van der Waals surface area contributed by atoms with E-state index in [4.69, 9.17) is 4.74 Å². The van der Waals surface area contributed by atoms with Crippen LogP contribution < -0.4 is 5.32 Å². The minimum Gasteiger partial charge on any atom is -0.380 e. The monoisotopic (exact) mass is 312 g/mol. The predicted molar refractivity (Wildman–Crippen MR) is 82.9 cm³/mol. The van der Waals surface area contributed by atoms with Crippen LogP contribution in [0.2, 0.25) is 0 Å². The van der Waals surface area contributed by atoms with E-state index in [2.05, 4.69) is 12.2 Å². The van der Waals surface area contributed by atoms with Gasteiger partial charge in [0.15, 0.2) is 0 Å². The van der Waals surface area contributed by atoms with Gasteiger partial charge in [0.2, 0.25) is 10.0 Å². The van der Waals surface area contributed by atoms with Crippen LogP contribution in [0.25, 0.3) is 0 Å². The van der Waals surface area contributed by atoms with Crippen molar-refractivity contribution in [3.8, 4) is 0 Å². The maximum atomic E-state index is 12.5. The molecule has 0 spiro atoms. The Morgan fingerprint density at radius 1 is 1.33 bits per heavy atom. The Hall–Kier alpha value is -0.950. The molecule has 1 heterocycles. The van der Waals surface area contributed by atoms with Crippen molar-refractivity contribution in [2.24, 2.45) is 0 Å². The molecule has 1 saturated heterocycles. The Kier molecular flexibility index (Phi) is 5.75. The number of sulfonamides is 1. The predicted octanol–water partition coefficient (Wildman–Crippen LogP) is 1.25. The Morgan fingerprint density at radius 3 is 2.62 bits per heavy atom. The van der Waals surface area contributed by atoms with Gasteiger partial charge < -0.3 is 10.1 Å². The van der Waals surface area contributed by atoms with Crippen LogP contribution in [0.1, 0.15) is 18.9 Å². The molecule has 0 aromatic heterocycles. The highest BCUT2D eigenvalue weighted by atomic mass is 32.2. The van der Waals surface area contributed by atoms with E-state index in [0.29, 0.717) is 18.0 Å². The molecular weight excluding hydrogens is 288 g/mol. The Morgan fingerprint density at radius 2 is 2.05 bits per heavy atom. The highest BCUT2D eigenvalue weighted by Crippen LogP contribution is 2.22. The third-order valence-corrected chi connectivity index (χ3v) is 5.72. The lowest BCUT2D eigenvalue weighted by Gasteiger charge is -2.16. The summed E-state index contributed by atoms with van der Waals surface area (Å²) in [6.45, 7) is 4.90. The van der Waals surface area contributed by atoms with E-state index in [-0.39, 0.29) is 6.10 Å². The molecule has 1 aliphatic rings. The van der Waals surface area contributed by atoms with Crippen molar-refractivity contribution in [1.29, 1.82) is 0 Å². The van der Waals surface area contributed by atoms with Gasteiger partial charge in [0.25, 0.3) is 0 Å². The van der Waals surface area contributed by atoms with Crippen molar-refractivity contribution in [3.63, 3.8) is 0 Å². The zero-order chi connectivity index (χ0) is 15.3. The fourth-order valence-electron chi connectivity index (χ4n) is 2.50. The molecule has 118 valence electrons. The molecule has 1 atom stereocenters. The minimum absolute atomic E-state index is 0.0131. The van der Waals surface area contributed by atoms with Crippen molar-refractivity contribution in [2.75, 3.05) is 33.3 Å². The molecule has 1 unspecified atom stereocenters. The zero-order valence-electron chi connectivity index (χ0n) is 12.7. The summed E-state index contributed by atoms with van der Waals surface area (Å²) >= 11 is 0. The molecule has 0 radical (unpaired) electrons. The van der Waals surface area contributed by atoms with Crippen molar-refractivity contribution in [3.05, 3.63) is 29.8 Å². The van der Waals surface area contributed by atoms with Crippen LogP contribution in [0.4, 0.5) is 0 Å². The number of hydrogen-bond donors (Lipinski definition) is 1. The highest BCUT2D eigenvalue weighted by Gasteiger charge is 2.32. The number of methoxy groups -OCH3 is 1. The van der Waals surface area contributed by atoms with Crippen LogP contribution in [0.3, 0.4) is 0 Å². The lowest BCUT2D eigenvalue weighted by Crippen LogP contribution is -2.30. The largest absolute Gasteiger partial charge is 0.380 e. The third-order valence-electron chi connectivity index (χ3n) is 3.84. The van der Waals surface area contributed by atoms with E-state index < -0.39 is 10.0 Å². The van der Waals surface area contributed by atoms with E-state index in [1.54, 1.807) is 19.2 Å². The summed E-state index contributed by atoms with van der Waals surface area (Å²) in [6.07, 6.45) is 1.68. The molecule has 0 amide bonds. The first-order valence-corrected chi connectivity index (χ1v) is 8.84. The lowest BCUT2D eigenvalue weighted by atomic mass is 10.1. The van der Waals surface area contributed by atoms with Gasteiger partial charge in [0.1, 0.15) is 0 Å². The second-order valence-electron chi connectivity index (χ2n) is 5.26. The van der Waals surface area contributed by atoms with E-state index in [9.17, 15) is 8.42 Å². The second kappa shape index (κ2) is 7.35. The molecule has 1 aromatic carbocycles. The first-order valence-electron chi connectivity index (χ1n) is 7.40. The van der Waals surface area contributed by atoms with Gasteiger partial charge in [0, 0.05) is 20.2 Å². The van der Waals surface area contributed by atoms with E-state index in [0.717, 1.165) is 31.5 Å². The first-order chi connectivity index (χ1) is 10.1. The summed E-state index contributed by atoms with van der Waals surface area (Å²) in [5, 5.41) is 3.26. The smallest absolute Gasteiger partial charge is 0.243 e. The van der Waals surface area contributed by atoms with Gasteiger partial charge in [-0.05, 0) is 43.6 Å². The molecule has 6 heteroatoms. The average Bonchev–Trinajstić information content (AvgIpc) is 2.98. The van der Waals surface area contributed by atoms with Crippen LogP contribution in [0.15, 0.2) is 29.2 Å². The number of rotatable bonds is 7. The van der Waals surface area contributed by atoms with E-state index >= 15 is 0 Å². The Bertz CT molecular complexity index is 543. The van der Waals surface area contributed by atoms with Crippen LogP contribution in [0.5, 0.6) is 0 Å². The first kappa shape index (κ1) is 16.4. The molecule has 21 heavy (non-hydrogen) atoms.